The molecule has 0 aliphatic carbocycles. The first-order chi connectivity index (χ1) is 7.43. The van der Waals surface area contributed by atoms with Crippen molar-refractivity contribution in [1.29, 1.82) is 0 Å². The van der Waals surface area contributed by atoms with Crippen molar-refractivity contribution in [2.24, 2.45) is 5.92 Å². The van der Waals surface area contributed by atoms with Gasteiger partial charge in [-0.2, -0.15) is 0 Å². The highest BCUT2D eigenvalue weighted by Crippen LogP contribution is 2.15. The van der Waals surface area contributed by atoms with Crippen LogP contribution in [0.5, 0.6) is 0 Å². The standard InChI is InChI=1S/C10H13ClINO2S/c1-8(6-11)7-16(14,15)13-10-4-2-3-9(12)5-10/h2-5,8,13H,6-7H2,1H3/t8-/m0/s1. The number of halogens is 2. The van der Waals surface area contributed by atoms with Crippen molar-refractivity contribution in [3.63, 3.8) is 0 Å². The zero-order chi connectivity index (χ0) is 12.2. The fourth-order valence-corrected chi connectivity index (χ4v) is 3.41. The Morgan fingerprint density at radius 2 is 2.19 bits per heavy atom. The number of hydrogen-bond acceptors (Lipinski definition) is 2. The predicted molar refractivity (Wildman–Crippen MR) is 76.5 cm³/mol. The highest BCUT2D eigenvalue weighted by molar-refractivity contribution is 14.1. The highest BCUT2D eigenvalue weighted by Gasteiger charge is 2.14. The van der Waals surface area contributed by atoms with E-state index in [-0.39, 0.29) is 11.7 Å². The van der Waals surface area contributed by atoms with Gasteiger partial charge in [-0.05, 0) is 46.7 Å². The first-order valence-electron chi connectivity index (χ1n) is 4.75. The van der Waals surface area contributed by atoms with Gasteiger partial charge in [-0.3, -0.25) is 4.72 Å². The van der Waals surface area contributed by atoms with Gasteiger partial charge in [0.1, 0.15) is 0 Å². The molecule has 16 heavy (non-hydrogen) atoms. The molecule has 0 saturated heterocycles. The summed E-state index contributed by atoms with van der Waals surface area (Å²) in [7, 11) is -3.30. The molecule has 0 aliphatic rings. The summed E-state index contributed by atoms with van der Waals surface area (Å²) >= 11 is 7.73. The van der Waals surface area contributed by atoms with Crippen molar-refractivity contribution < 1.29 is 8.42 Å². The van der Waals surface area contributed by atoms with Gasteiger partial charge in [0.15, 0.2) is 0 Å². The molecular formula is C10H13ClINO2S. The van der Waals surface area contributed by atoms with E-state index in [4.69, 9.17) is 11.6 Å². The molecule has 1 atom stereocenters. The van der Waals surface area contributed by atoms with Crippen molar-refractivity contribution in [1.82, 2.24) is 0 Å². The molecule has 1 rings (SSSR count). The van der Waals surface area contributed by atoms with Crippen LogP contribution in [-0.4, -0.2) is 20.1 Å². The molecule has 0 unspecified atom stereocenters. The molecule has 90 valence electrons. The molecule has 0 aromatic heterocycles. The van der Waals surface area contributed by atoms with Gasteiger partial charge in [-0.15, -0.1) is 11.6 Å². The van der Waals surface area contributed by atoms with Crippen LogP contribution in [0.4, 0.5) is 5.69 Å². The Morgan fingerprint density at radius 1 is 1.50 bits per heavy atom. The van der Waals surface area contributed by atoms with E-state index in [1.807, 2.05) is 12.1 Å². The molecule has 1 aromatic rings. The molecule has 1 aromatic carbocycles. The Kier molecular flexibility index (Phi) is 5.33. The second kappa shape index (κ2) is 6.07. The largest absolute Gasteiger partial charge is 0.284 e. The lowest BCUT2D eigenvalue weighted by Crippen LogP contribution is -2.22. The topological polar surface area (TPSA) is 46.2 Å². The summed E-state index contributed by atoms with van der Waals surface area (Å²) < 4.78 is 26.9. The van der Waals surface area contributed by atoms with E-state index >= 15 is 0 Å². The Morgan fingerprint density at radius 3 is 2.75 bits per heavy atom. The summed E-state index contributed by atoms with van der Waals surface area (Å²) in [6.07, 6.45) is 0. The number of hydrogen-bond donors (Lipinski definition) is 1. The van der Waals surface area contributed by atoms with E-state index in [9.17, 15) is 8.42 Å². The fourth-order valence-electron chi connectivity index (χ4n) is 1.19. The highest BCUT2D eigenvalue weighted by atomic mass is 127. The zero-order valence-corrected chi connectivity index (χ0v) is 12.5. The first kappa shape index (κ1) is 14.1. The molecule has 3 nitrogen and oxygen atoms in total. The van der Waals surface area contributed by atoms with Crippen molar-refractivity contribution in [2.75, 3.05) is 16.4 Å². The summed E-state index contributed by atoms with van der Waals surface area (Å²) in [5, 5.41) is 0. The lowest BCUT2D eigenvalue weighted by atomic mass is 10.3. The molecular weight excluding hydrogens is 361 g/mol. The van der Waals surface area contributed by atoms with Gasteiger partial charge in [0.05, 0.1) is 5.75 Å². The second-order valence-corrected chi connectivity index (χ2v) is 6.97. The van der Waals surface area contributed by atoms with Crippen molar-refractivity contribution in [3.8, 4) is 0 Å². The summed E-state index contributed by atoms with van der Waals surface area (Å²) in [5.41, 5.74) is 0.591. The SMILES string of the molecule is C[C@@H](CCl)CS(=O)(=O)Nc1cccc(I)c1. The molecule has 0 heterocycles. The van der Waals surface area contributed by atoms with Gasteiger partial charge in [0.2, 0.25) is 10.0 Å². The number of sulfonamides is 1. The van der Waals surface area contributed by atoms with Gasteiger partial charge in [0.25, 0.3) is 0 Å². The van der Waals surface area contributed by atoms with Crippen molar-refractivity contribution >= 4 is 49.9 Å². The average molecular weight is 374 g/mol. The van der Waals surface area contributed by atoms with Gasteiger partial charge < -0.3 is 0 Å². The number of rotatable bonds is 5. The van der Waals surface area contributed by atoms with Gasteiger partial charge in [-0.1, -0.05) is 13.0 Å². The van der Waals surface area contributed by atoms with E-state index in [2.05, 4.69) is 27.3 Å². The van der Waals surface area contributed by atoms with Crippen LogP contribution in [0, 0.1) is 9.49 Å². The molecule has 0 spiro atoms. The minimum Gasteiger partial charge on any atom is -0.284 e. The number of benzene rings is 1. The fraction of sp³-hybridized carbons (Fsp3) is 0.400. The van der Waals surface area contributed by atoms with Crippen LogP contribution < -0.4 is 4.72 Å². The number of anilines is 1. The van der Waals surface area contributed by atoms with E-state index in [0.29, 0.717) is 11.6 Å². The third-order valence-electron chi connectivity index (χ3n) is 1.87. The van der Waals surface area contributed by atoms with Crippen molar-refractivity contribution in [2.45, 2.75) is 6.92 Å². The minimum absolute atomic E-state index is 0.0436. The maximum atomic E-state index is 11.7. The summed E-state index contributed by atoms with van der Waals surface area (Å²) in [4.78, 5) is 0. The van der Waals surface area contributed by atoms with Crippen LogP contribution in [0.1, 0.15) is 6.92 Å². The van der Waals surface area contributed by atoms with Crippen LogP contribution in [-0.2, 0) is 10.0 Å². The molecule has 1 N–H and O–H groups in total. The predicted octanol–water partition coefficient (Wildman–Crippen LogP) is 2.91. The lowest BCUT2D eigenvalue weighted by molar-refractivity contribution is 0.588. The monoisotopic (exact) mass is 373 g/mol. The van der Waals surface area contributed by atoms with E-state index in [0.717, 1.165) is 3.57 Å². The summed E-state index contributed by atoms with van der Waals surface area (Å²) in [5.74, 6) is 0.330. The van der Waals surface area contributed by atoms with Crippen LogP contribution in [0.25, 0.3) is 0 Å². The van der Waals surface area contributed by atoms with Gasteiger partial charge >= 0.3 is 0 Å². The molecule has 0 saturated carbocycles. The van der Waals surface area contributed by atoms with E-state index < -0.39 is 10.0 Å². The molecule has 6 heteroatoms. The maximum absolute atomic E-state index is 11.7. The smallest absolute Gasteiger partial charge is 0.233 e. The van der Waals surface area contributed by atoms with Gasteiger partial charge in [-0.25, -0.2) is 8.42 Å². The summed E-state index contributed by atoms with van der Waals surface area (Å²) in [6.45, 7) is 1.81. The quantitative estimate of drug-likeness (QED) is 0.637. The van der Waals surface area contributed by atoms with Crippen LogP contribution in [0.15, 0.2) is 24.3 Å². The Labute approximate surface area is 115 Å². The van der Waals surface area contributed by atoms with Crippen LogP contribution >= 0.6 is 34.2 Å². The Hall–Kier alpha value is -0.0100. The van der Waals surface area contributed by atoms with Crippen molar-refractivity contribution in [3.05, 3.63) is 27.8 Å². The van der Waals surface area contributed by atoms with Crippen LogP contribution in [0.3, 0.4) is 0 Å². The minimum atomic E-state index is -3.30. The second-order valence-electron chi connectivity index (χ2n) is 3.65. The molecule has 0 radical (unpaired) electrons. The maximum Gasteiger partial charge on any atom is 0.233 e. The lowest BCUT2D eigenvalue weighted by Gasteiger charge is -2.11. The Bertz CT molecular complexity index is 450. The normalized spacial score (nSPS) is 13.4. The van der Waals surface area contributed by atoms with E-state index in [1.165, 1.54) is 0 Å². The van der Waals surface area contributed by atoms with Gasteiger partial charge in [0, 0.05) is 15.1 Å². The molecule has 0 amide bonds. The molecule has 0 fully saturated rings. The third-order valence-corrected chi connectivity index (χ3v) is 4.62. The Balaban J connectivity index is 2.73. The third kappa shape index (κ3) is 4.88. The molecule has 0 bridgehead atoms. The molecule has 0 aliphatic heterocycles. The number of nitrogens with one attached hydrogen (secondary N) is 1. The first-order valence-corrected chi connectivity index (χ1v) is 8.01. The van der Waals surface area contributed by atoms with Crippen LogP contribution in [0.2, 0.25) is 0 Å². The summed E-state index contributed by atoms with van der Waals surface area (Å²) in [6, 6.07) is 7.22. The zero-order valence-electron chi connectivity index (χ0n) is 8.78. The van der Waals surface area contributed by atoms with E-state index in [1.54, 1.807) is 19.1 Å². The number of alkyl halides is 1. The average Bonchev–Trinajstić information content (AvgIpc) is 2.15.